The lowest BCUT2D eigenvalue weighted by atomic mass is 10.2. The summed E-state index contributed by atoms with van der Waals surface area (Å²) in [5, 5.41) is 8.82. The van der Waals surface area contributed by atoms with Crippen LogP contribution < -0.4 is 5.32 Å². The van der Waals surface area contributed by atoms with Crippen molar-refractivity contribution in [1.82, 2.24) is 29.4 Å². The van der Waals surface area contributed by atoms with Gasteiger partial charge in [-0.1, -0.05) is 0 Å². The van der Waals surface area contributed by atoms with Crippen molar-refractivity contribution < 1.29 is 31.1 Å². The molecule has 1 aliphatic heterocycles. The Bertz CT molecular complexity index is 1040. The van der Waals surface area contributed by atoms with Gasteiger partial charge in [0.25, 0.3) is 0 Å². The zero-order valence-electron chi connectivity index (χ0n) is 16.2. The van der Waals surface area contributed by atoms with E-state index in [2.05, 4.69) is 20.4 Å². The predicted octanol–water partition coefficient (Wildman–Crippen LogP) is 2.09. The molecule has 1 amide bonds. The van der Waals surface area contributed by atoms with Gasteiger partial charge in [-0.15, -0.1) is 16.4 Å². The first kappa shape index (κ1) is 22.4. The first-order chi connectivity index (χ1) is 13.8. The van der Waals surface area contributed by atoms with Gasteiger partial charge >= 0.3 is 21.6 Å². The van der Waals surface area contributed by atoms with Gasteiger partial charge in [-0.05, 0) is 20.8 Å². The van der Waals surface area contributed by atoms with E-state index in [1.54, 1.807) is 26.2 Å². The van der Waals surface area contributed by atoms with Crippen molar-refractivity contribution in [3.63, 3.8) is 0 Å². The standard InChI is InChI=1S/C15H19F3N6O4S2/c1-14(2,3)28-13(25)19-6-9-8-29-12(20-9)11-21-10-7-23(4-5-24(10)22-11)30(26,27)15(16,17)18/h8H,4-7H2,1-3H3,(H,19,25). The number of carbonyl (C=O) groups is 1. The van der Waals surface area contributed by atoms with Crippen LogP contribution in [-0.2, 0) is 34.4 Å². The van der Waals surface area contributed by atoms with Crippen molar-refractivity contribution in [1.29, 1.82) is 0 Å². The number of sulfonamides is 1. The van der Waals surface area contributed by atoms with Crippen molar-refractivity contribution in [2.24, 2.45) is 0 Å². The van der Waals surface area contributed by atoms with Crippen LogP contribution in [0.1, 0.15) is 32.3 Å². The Balaban J connectivity index is 1.68. The monoisotopic (exact) mass is 468 g/mol. The van der Waals surface area contributed by atoms with Crippen LogP contribution in [0.15, 0.2) is 5.38 Å². The minimum atomic E-state index is -5.43. The lowest BCUT2D eigenvalue weighted by Gasteiger charge is -2.26. The molecule has 0 saturated carbocycles. The second kappa shape index (κ2) is 7.77. The number of nitrogens with one attached hydrogen (secondary N) is 1. The first-order valence-corrected chi connectivity index (χ1v) is 11.0. The van der Waals surface area contributed by atoms with E-state index in [-0.39, 0.29) is 31.3 Å². The molecule has 1 aliphatic rings. The normalized spacial score (nSPS) is 15.7. The lowest BCUT2D eigenvalue weighted by molar-refractivity contribution is -0.0496. The van der Waals surface area contributed by atoms with E-state index in [1.165, 1.54) is 16.0 Å². The number of amides is 1. The third-order valence-corrected chi connectivity index (χ3v) is 6.28. The number of rotatable bonds is 4. The average molecular weight is 468 g/mol. The van der Waals surface area contributed by atoms with Crippen LogP contribution in [0, 0.1) is 0 Å². The van der Waals surface area contributed by atoms with Gasteiger partial charge in [0.15, 0.2) is 5.01 Å². The summed E-state index contributed by atoms with van der Waals surface area (Å²) in [5.41, 5.74) is -5.48. The summed E-state index contributed by atoms with van der Waals surface area (Å²) in [6.45, 7) is 4.36. The van der Waals surface area contributed by atoms with Crippen LogP contribution in [0.25, 0.3) is 10.8 Å². The Labute approximate surface area is 174 Å². The highest BCUT2D eigenvalue weighted by Crippen LogP contribution is 2.30. The second-order valence-corrected chi connectivity index (χ2v) is 10.1. The number of alkyl halides is 3. The molecule has 10 nitrogen and oxygen atoms in total. The number of hydrogen-bond acceptors (Lipinski definition) is 8. The van der Waals surface area contributed by atoms with Gasteiger partial charge in [-0.25, -0.2) is 27.9 Å². The molecule has 0 saturated heterocycles. The van der Waals surface area contributed by atoms with Crippen LogP contribution >= 0.6 is 11.3 Å². The molecule has 0 aromatic carbocycles. The molecule has 1 N–H and O–H groups in total. The number of hydrogen-bond donors (Lipinski definition) is 1. The molecule has 30 heavy (non-hydrogen) atoms. The number of ether oxygens (including phenoxy) is 1. The molecule has 0 unspecified atom stereocenters. The van der Waals surface area contributed by atoms with E-state index < -0.39 is 33.8 Å². The quantitative estimate of drug-likeness (QED) is 0.730. The number of nitrogens with zero attached hydrogens (tertiary/aromatic N) is 5. The molecular formula is C15H19F3N6O4S2. The van der Waals surface area contributed by atoms with E-state index in [0.717, 1.165) is 0 Å². The number of halogens is 3. The summed E-state index contributed by atoms with van der Waals surface area (Å²) in [4.78, 5) is 20.1. The van der Waals surface area contributed by atoms with Crippen LogP contribution in [-0.4, -0.2) is 56.2 Å². The van der Waals surface area contributed by atoms with Crippen molar-refractivity contribution >= 4 is 27.5 Å². The number of alkyl carbamates (subject to hydrolysis) is 1. The highest BCUT2D eigenvalue weighted by atomic mass is 32.2. The highest BCUT2D eigenvalue weighted by Gasteiger charge is 2.50. The summed E-state index contributed by atoms with van der Waals surface area (Å²) in [6, 6.07) is 0. The Kier molecular flexibility index (Phi) is 5.81. The maximum Gasteiger partial charge on any atom is 0.511 e. The molecule has 2 aromatic heterocycles. The molecule has 0 radical (unpaired) electrons. The maximum atomic E-state index is 12.8. The summed E-state index contributed by atoms with van der Waals surface area (Å²) in [7, 11) is -5.43. The largest absolute Gasteiger partial charge is 0.511 e. The minimum absolute atomic E-state index is 0.0594. The predicted molar refractivity (Wildman–Crippen MR) is 99.6 cm³/mol. The van der Waals surface area contributed by atoms with Gasteiger partial charge in [0.1, 0.15) is 11.4 Å². The Morgan fingerprint density at radius 3 is 2.60 bits per heavy atom. The molecule has 0 bridgehead atoms. The molecule has 0 spiro atoms. The summed E-state index contributed by atoms with van der Waals surface area (Å²) >= 11 is 1.19. The van der Waals surface area contributed by atoms with Gasteiger partial charge in [0.05, 0.1) is 25.3 Å². The Hall–Kier alpha value is -2.26. The molecule has 2 aromatic rings. The van der Waals surface area contributed by atoms with Crippen LogP contribution in [0.4, 0.5) is 18.0 Å². The highest BCUT2D eigenvalue weighted by molar-refractivity contribution is 7.89. The van der Waals surface area contributed by atoms with Crippen LogP contribution in [0.5, 0.6) is 0 Å². The Morgan fingerprint density at radius 2 is 1.97 bits per heavy atom. The molecule has 15 heteroatoms. The van der Waals surface area contributed by atoms with Crippen molar-refractivity contribution in [2.75, 3.05) is 6.54 Å². The third kappa shape index (κ3) is 4.89. The average Bonchev–Trinajstić information content (AvgIpc) is 3.23. The zero-order chi connectivity index (χ0) is 22.3. The third-order valence-electron chi connectivity index (χ3n) is 3.82. The van der Waals surface area contributed by atoms with E-state index in [4.69, 9.17) is 4.74 Å². The van der Waals surface area contributed by atoms with Crippen molar-refractivity contribution in [3.8, 4) is 10.8 Å². The molecular weight excluding hydrogens is 449 g/mol. The van der Waals surface area contributed by atoms with Crippen LogP contribution in [0.2, 0.25) is 0 Å². The number of carbonyl (C=O) groups excluding carboxylic acids is 1. The molecule has 3 rings (SSSR count). The molecule has 0 atom stereocenters. The fourth-order valence-electron chi connectivity index (χ4n) is 2.52. The fourth-order valence-corrected chi connectivity index (χ4v) is 4.17. The number of fused-ring (bicyclic) bond motifs is 1. The number of thiazole rings is 1. The summed E-state index contributed by atoms with van der Waals surface area (Å²) in [6.07, 6.45) is -0.599. The van der Waals surface area contributed by atoms with Gasteiger partial charge in [0.2, 0.25) is 5.82 Å². The van der Waals surface area contributed by atoms with Crippen LogP contribution in [0.3, 0.4) is 0 Å². The van der Waals surface area contributed by atoms with Gasteiger partial charge < -0.3 is 10.1 Å². The maximum absolute atomic E-state index is 12.8. The smallest absolute Gasteiger partial charge is 0.444 e. The summed E-state index contributed by atoms with van der Waals surface area (Å²) < 4.78 is 68.3. The topological polar surface area (TPSA) is 119 Å². The zero-order valence-corrected chi connectivity index (χ0v) is 17.9. The van der Waals surface area contributed by atoms with Crippen molar-refractivity contribution in [3.05, 3.63) is 16.9 Å². The second-order valence-electron chi connectivity index (χ2n) is 7.36. The summed E-state index contributed by atoms with van der Waals surface area (Å²) in [5.74, 6) is 0.262. The molecule has 0 aliphatic carbocycles. The minimum Gasteiger partial charge on any atom is -0.444 e. The Morgan fingerprint density at radius 1 is 1.27 bits per heavy atom. The van der Waals surface area contributed by atoms with Crippen molar-refractivity contribution in [2.45, 2.75) is 51.5 Å². The molecule has 166 valence electrons. The SMILES string of the molecule is CC(C)(C)OC(=O)NCc1csc(-c2nc3n(n2)CCN(S(=O)(=O)C(F)(F)F)C3)n1. The van der Waals surface area contributed by atoms with E-state index in [0.29, 0.717) is 15.0 Å². The van der Waals surface area contributed by atoms with Gasteiger partial charge in [0, 0.05) is 11.9 Å². The lowest BCUT2D eigenvalue weighted by Crippen LogP contribution is -2.44. The first-order valence-electron chi connectivity index (χ1n) is 8.68. The molecule has 3 heterocycles. The van der Waals surface area contributed by atoms with Gasteiger partial charge in [-0.2, -0.15) is 17.5 Å². The fraction of sp³-hybridized carbons (Fsp3) is 0.600. The molecule has 0 fully saturated rings. The van der Waals surface area contributed by atoms with E-state index >= 15 is 0 Å². The van der Waals surface area contributed by atoms with E-state index in [9.17, 15) is 26.4 Å². The van der Waals surface area contributed by atoms with Gasteiger partial charge in [-0.3, -0.25) is 0 Å². The van der Waals surface area contributed by atoms with E-state index in [1.807, 2.05) is 0 Å². The number of aromatic nitrogens is 4.